The molecule has 0 N–H and O–H groups in total. The highest BCUT2D eigenvalue weighted by molar-refractivity contribution is 7.78. The van der Waals surface area contributed by atoms with E-state index < -0.39 is 5.66 Å². The fourth-order valence-corrected chi connectivity index (χ4v) is 1.17. The molecular weight excluding hydrogens is 230 g/mol. The summed E-state index contributed by atoms with van der Waals surface area (Å²) in [5.74, 6) is 0. The third-order valence-corrected chi connectivity index (χ3v) is 1.90. The number of halogens is 1. The predicted molar refractivity (Wildman–Crippen MR) is 65.1 cm³/mol. The molecule has 0 atom stereocenters. The summed E-state index contributed by atoms with van der Waals surface area (Å²) in [6, 6.07) is 7.07. The van der Waals surface area contributed by atoms with E-state index in [1.165, 1.54) is 0 Å². The average molecular weight is 240 g/mol. The Bertz CT molecular complexity index is 405. The largest absolute Gasteiger partial charge is 0.200 e. The van der Waals surface area contributed by atoms with Crippen LogP contribution in [0.25, 0.3) is 0 Å². The summed E-state index contributed by atoms with van der Waals surface area (Å²) in [5.41, 5.74) is 0.0635. The van der Waals surface area contributed by atoms with Crippen LogP contribution in [-0.4, -0.2) is 10.8 Å². The Hall–Kier alpha value is -1.09. The molecule has 0 saturated carbocycles. The van der Waals surface area contributed by atoms with E-state index in [2.05, 4.69) is 32.6 Å². The SMILES string of the molecule is CC(C)(N=C=S)N=Nc1ccc(Cl)cc1. The zero-order valence-electron chi connectivity index (χ0n) is 8.44. The van der Waals surface area contributed by atoms with Crippen LogP contribution in [0.5, 0.6) is 0 Å². The van der Waals surface area contributed by atoms with Crippen LogP contribution in [-0.2, 0) is 0 Å². The number of hydrogen-bond acceptors (Lipinski definition) is 4. The molecule has 3 nitrogen and oxygen atoms in total. The summed E-state index contributed by atoms with van der Waals surface area (Å²) < 4.78 is 0. The van der Waals surface area contributed by atoms with Crippen molar-refractivity contribution < 1.29 is 0 Å². The van der Waals surface area contributed by atoms with Crippen molar-refractivity contribution in [2.24, 2.45) is 15.2 Å². The number of thiocarbonyl (C=S) groups is 1. The van der Waals surface area contributed by atoms with Gasteiger partial charge in [0.2, 0.25) is 0 Å². The van der Waals surface area contributed by atoms with Gasteiger partial charge in [-0.05, 0) is 50.3 Å². The van der Waals surface area contributed by atoms with Gasteiger partial charge >= 0.3 is 0 Å². The monoisotopic (exact) mass is 239 g/mol. The highest BCUT2D eigenvalue weighted by atomic mass is 35.5. The second kappa shape index (κ2) is 5.12. The molecule has 78 valence electrons. The van der Waals surface area contributed by atoms with Gasteiger partial charge in [0.1, 0.15) is 0 Å². The maximum Gasteiger partial charge on any atom is 0.175 e. The van der Waals surface area contributed by atoms with E-state index in [0.717, 1.165) is 5.69 Å². The molecule has 0 unspecified atom stereocenters. The summed E-state index contributed by atoms with van der Waals surface area (Å²) in [4.78, 5) is 3.87. The van der Waals surface area contributed by atoms with Crippen LogP contribution < -0.4 is 0 Å². The number of azo groups is 1. The molecule has 0 aliphatic carbocycles. The van der Waals surface area contributed by atoms with Crippen molar-refractivity contribution in [1.29, 1.82) is 0 Å². The summed E-state index contributed by atoms with van der Waals surface area (Å²) in [6.45, 7) is 3.59. The third-order valence-electron chi connectivity index (χ3n) is 1.56. The molecule has 0 heterocycles. The molecule has 0 amide bonds. The highest BCUT2D eigenvalue weighted by Crippen LogP contribution is 2.19. The molecule has 5 heteroatoms. The van der Waals surface area contributed by atoms with Crippen LogP contribution in [0.2, 0.25) is 5.02 Å². The van der Waals surface area contributed by atoms with Crippen LogP contribution in [0, 0.1) is 0 Å². The minimum Gasteiger partial charge on any atom is -0.200 e. The zero-order valence-corrected chi connectivity index (χ0v) is 10.0. The van der Waals surface area contributed by atoms with Crippen molar-refractivity contribution in [2.45, 2.75) is 19.5 Å². The Labute approximate surface area is 98.9 Å². The first kappa shape index (κ1) is 12.0. The molecule has 0 saturated heterocycles. The standard InChI is InChI=1S/C10H10ClN3S/c1-10(2,12-7-15)14-13-9-5-3-8(11)4-6-9/h3-6H,1-2H3. The summed E-state index contributed by atoms with van der Waals surface area (Å²) >= 11 is 10.2. The van der Waals surface area contributed by atoms with E-state index in [4.69, 9.17) is 11.6 Å². The molecule has 1 aromatic carbocycles. The van der Waals surface area contributed by atoms with Crippen molar-refractivity contribution in [3.63, 3.8) is 0 Å². The van der Waals surface area contributed by atoms with Crippen molar-refractivity contribution in [1.82, 2.24) is 0 Å². The summed E-state index contributed by atoms with van der Waals surface area (Å²) in [6.07, 6.45) is 0. The van der Waals surface area contributed by atoms with Crippen LogP contribution in [0.1, 0.15) is 13.8 Å². The zero-order chi connectivity index (χ0) is 11.3. The van der Waals surface area contributed by atoms with Crippen LogP contribution in [0.3, 0.4) is 0 Å². The Morgan fingerprint density at radius 3 is 2.40 bits per heavy atom. The topological polar surface area (TPSA) is 37.1 Å². The molecule has 0 aliphatic rings. The smallest absolute Gasteiger partial charge is 0.175 e. The van der Waals surface area contributed by atoms with Gasteiger partial charge in [-0.15, -0.1) is 0 Å². The van der Waals surface area contributed by atoms with E-state index in [0.29, 0.717) is 5.02 Å². The molecule has 0 radical (unpaired) electrons. The molecule has 0 fully saturated rings. The Morgan fingerprint density at radius 1 is 1.27 bits per heavy atom. The Balaban J connectivity index is 2.81. The van der Waals surface area contributed by atoms with Gasteiger partial charge in [0, 0.05) is 5.02 Å². The van der Waals surface area contributed by atoms with E-state index in [1.807, 2.05) is 0 Å². The van der Waals surface area contributed by atoms with Crippen molar-refractivity contribution in [3.8, 4) is 0 Å². The average Bonchev–Trinajstić information content (AvgIpc) is 2.17. The van der Waals surface area contributed by atoms with Crippen LogP contribution in [0.4, 0.5) is 5.69 Å². The number of benzene rings is 1. The predicted octanol–water partition coefficient (Wildman–Crippen LogP) is 4.26. The maximum atomic E-state index is 5.74. The number of isothiocyanates is 1. The second-order valence-electron chi connectivity index (χ2n) is 3.37. The first-order valence-corrected chi connectivity index (χ1v) is 5.10. The molecule has 0 spiro atoms. The normalized spacial score (nSPS) is 11.4. The van der Waals surface area contributed by atoms with Crippen molar-refractivity contribution in [3.05, 3.63) is 29.3 Å². The number of rotatable bonds is 3. The highest BCUT2D eigenvalue weighted by Gasteiger charge is 2.12. The summed E-state index contributed by atoms with van der Waals surface area (Å²) in [5, 5.41) is 11.0. The van der Waals surface area contributed by atoms with Crippen LogP contribution >= 0.6 is 23.8 Å². The Kier molecular flexibility index (Phi) is 4.09. The van der Waals surface area contributed by atoms with Crippen molar-refractivity contribution >= 4 is 34.7 Å². The number of aliphatic imine (C=N–C) groups is 1. The first-order chi connectivity index (χ1) is 7.03. The lowest BCUT2D eigenvalue weighted by molar-refractivity contribution is 0.529. The second-order valence-corrected chi connectivity index (χ2v) is 3.99. The van der Waals surface area contributed by atoms with E-state index in [-0.39, 0.29) is 0 Å². The minimum absolute atomic E-state index is 0.665. The lowest BCUT2D eigenvalue weighted by Crippen LogP contribution is -2.10. The van der Waals surface area contributed by atoms with Crippen molar-refractivity contribution in [2.75, 3.05) is 0 Å². The van der Waals surface area contributed by atoms with Gasteiger partial charge in [-0.25, -0.2) is 4.99 Å². The van der Waals surface area contributed by atoms with Gasteiger partial charge in [-0.3, -0.25) is 0 Å². The molecular formula is C10H10ClN3S. The van der Waals surface area contributed by atoms with Gasteiger partial charge in [0.25, 0.3) is 0 Å². The molecule has 0 bridgehead atoms. The lowest BCUT2D eigenvalue weighted by Gasteiger charge is -2.08. The van der Waals surface area contributed by atoms with Gasteiger partial charge in [0.05, 0.1) is 10.8 Å². The van der Waals surface area contributed by atoms with E-state index in [1.54, 1.807) is 38.1 Å². The fourth-order valence-electron chi connectivity index (χ4n) is 0.822. The maximum absolute atomic E-state index is 5.74. The molecule has 1 aromatic rings. The third kappa shape index (κ3) is 4.30. The van der Waals surface area contributed by atoms with E-state index in [9.17, 15) is 0 Å². The van der Waals surface area contributed by atoms with Gasteiger partial charge < -0.3 is 0 Å². The van der Waals surface area contributed by atoms with Gasteiger partial charge in [-0.2, -0.15) is 10.2 Å². The molecule has 0 aromatic heterocycles. The Morgan fingerprint density at radius 2 is 1.87 bits per heavy atom. The van der Waals surface area contributed by atoms with Gasteiger partial charge in [0.15, 0.2) is 5.66 Å². The van der Waals surface area contributed by atoms with Crippen LogP contribution in [0.15, 0.2) is 39.5 Å². The number of nitrogens with zero attached hydrogens (tertiary/aromatic N) is 3. The molecule has 0 aliphatic heterocycles. The van der Waals surface area contributed by atoms with Gasteiger partial charge in [-0.1, -0.05) is 11.6 Å². The minimum atomic E-state index is -0.665. The summed E-state index contributed by atoms with van der Waals surface area (Å²) in [7, 11) is 0. The first-order valence-electron chi connectivity index (χ1n) is 4.31. The van der Waals surface area contributed by atoms with E-state index >= 15 is 0 Å². The quantitative estimate of drug-likeness (QED) is 0.441. The molecule has 15 heavy (non-hydrogen) atoms. The molecule has 1 rings (SSSR count). The lowest BCUT2D eigenvalue weighted by atomic mass is 10.3. The fraction of sp³-hybridized carbons (Fsp3) is 0.300. The number of hydrogen-bond donors (Lipinski definition) is 0.